The predicted octanol–water partition coefficient (Wildman–Crippen LogP) is 3.59. The maximum atomic E-state index is 12.3. The number of benzene rings is 1. The molecule has 0 aliphatic heterocycles. The van der Waals surface area contributed by atoms with Crippen LogP contribution >= 0.6 is 0 Å². The zero-order valence-electron chi connectivity index (χ0n) is 11.2. The number of ether oxygens (including phenoxy) is 1. The van der Waals surface area contributed by atoms with Crippen molar-refractivity contribution in [1.82, 2.24) is 0 Å². The number of hydrogen-bond donors (Lipinski definition) is 0. The number of aryl methyl sites for hydroxylation is 1. The molecule has 0 N–H and O–H groups in total. The van der Waals surface area contributed by atoms with Gasteiger partial charge in [-0.05, 0) is 24.5 Å². The molecule has 3 heteroatoms. The van der Waals surface area contributed by atoms with Crippen molar-refractivity contribution >= 4 is 16.8 Å². The number of carbonyl (C=O) groups excluding carboxylic acids is 1. The van der Waals surface area contributed by atoms with Gasteiger partial charge >= 0.3 is 0 Å². The highest BCUT2D eigenvalue weighted by molar-refractivity contribution is 6.00. The molecule has 1 unspecified atom stereocenters. The van der Waals surface area contributed by atoms with Gasteiger partial charge in [-0.2, -0.15) is 0 Å². The van der Waals surface area contributed by atoms with Crippen LogP contribution < -0.4 is 0 Å². The smallest absolute Gasteiger partial charge is 0.226 e. The third kappa shape index (κ3) is 2.18. The zero-order chi connectivity index (χ0) is 13.3. The quantitative estimate of drug-likeness (QED) is 0.774. The first kappa shape index (κ1) is 12.8. The fourth-order valence-corrected chi connectivity index (χ4v) is 2.15. The molecule has 1 heterocycles. The molecular weight excluding hydrogens is 228 g/mol. The molecule has 3 nitrogen and oxygen atoms in total. The SMILES string of the molecule is COC(C(=O)c1cc2cccc(C)c2o1)C(C)C. The first-order valence-electron chi connectivity index (χ1n) is 6.10. The average molecular weight is 246 g/mol. The number of methoxy groups -OCH3 is 1. The van der Waals surface area contributed by atoms with Crippen molar-refractivity contribution in [1.29, 1.82) is 0 Å². The van der Waals surface area contributed by atoms with Crippen LogP contribution in [-0.2, 0) is 4.74 Å². The molecule has 0 bridgehead atoms. The van der Waals surface area contributed by atoms with Crippen molar-refractivity contribution in [2.45, 2.75) is 26.9 Å². The van der Waals surface area contributed by atoms with Crippen molar-refractivity contribution in [2.75, 3.05) is 7.11 Å². The fraction of sp³-hybridized carbons (Fsp3) is 0.400. The number of fused-ring (bicyclic) bond motifs is 1. The van der Waals surface area contributed by atoms with Crippen molar-refractivity contribution in [3.8, 4) is 0 Å². The fourth-order valence-electron chi connectivity index (χ4n) is 2.15. The monoisotopic (exact) mass is 246 g/mol. The number of rotatable bonds is 4. The largest absolute Gasteiger partial charge is 0.453 e. The molecule has 18 heavy (non-hydrogen) atoms. The lowest BCUT2D eigenvalue weighted by atomic mass is 10.0. The minimum atomic E-state index is -0.453. The Morgan fingerprint density at radius 2 is 2.06 bits per heavy atom. The van der Waals surface area contributed by atoms with E-state index in [4.69, 9.17) is 9.15 Å². The normalized spacial score (nSPS) is 13.2. The molecule has 0 saturated carbocycles. The van der Waals surface area contributed by atoms with E-state index in [0.717, 1.165) is 16.5 Å². The molecule has 0 spiro atoms. The van der Waals surface area contributed by atoms with E-state index < -0.39 is 6.10 Å². The second-order valence-electron chi connectivity index (χ2n) is 4.87. The third-order valence-corrected chi connectivity index (χ3v) is 3.10. The van der Waals surface area contributed by atoms with Crippen LogP contribution in [0.25, 0.3) is 11.0 Å². The van der Waals surface area contributed by atoms with E-state index >= 15 is 0 Å². The highest BCUT2D eigenvalue weighted by atomic mass is 16.5. The summed E-state index contributed by atoms with van der Waals surface area (Å²) in [7, 11) is 1.55. The standard InChI is InChI=1S/C15H18O3/c1-9(2)14(17-4)13(16)12-8-11-7-5-6-10(3)15(11)18-12/h5-9,14H,1-4H3. The summed E-state index contributed by atoms with van der Waals surface area (Å²) in [4.78, 5) is 12.3. The third-order valence-electron chi connectivity index (χ3n) is 3.10. The topological polar surface area (TPSA) is 39.4 Å². The second kappa shape index (κ2) is 4.94. The predicted molar refractivity (Wildman–Crippen MR) is 70.9 cm³/mol. The van der Waals surface area contributed by atoms with Gasteiger partial charge in [0.2, 0.25) is 5.78 Å². The first-order valence-corrected chi connectivity index (χ1v) is 6.10. The van der Waals surface area contributed by atoms with Gasteiger partial charge in [-0.1, -0.05) is 32.0 Å². The summed E-state index contributed by atoms with van der Waals surface area (Å²) in [6.07, 6.45) is -0.453. The van der Waals surface area contributed by atoms with Gasteiger partial charge in [-0.15, -0.1) is 0 Å². The molecule has 0 aliphatic rings. The van der Waals surface area contributed by atoms with Gasteiger partial charge in [0, 0.05) is 12.5 Å². The van der Waals surface area contributed by atoms with Gasteiger partial charge in [-0.25, -0.2) is 0 Å². The highest BCUT2D eigenvalue weighted by Crippen LogP contribution is 2.24. The van der Waals surface area contributed by atoms with Crippen LogP contribution in [0.1, 0.15) is 30.0 Å². The number of hydrogen-bond acceptors (Lipinski definition) is 3. The van der Waals surface area contributed by atoms with E-state index in [1.54, 1.807) is 13.2 Å². The summed E-state index contributed by atoms with van der Waals surface area (Å²) >= 11 is 0. The van der Waals surface area contributed by atoms with Crippen molar-refractivity contribution in [3.63, 3.8) is 0 Å². The summed E-state index contributed by atoms with van der Waals surface area (Å²) in [5.41, 5.74) is 1.81. The van der Waals surface area contributed by atoms with Crippen LogP contribution in [0.5, 0.6) is 0 Å². The number of ketones is 1. The number of carbonyl (C=O) groups is 1. The molecule has 0 aliphatic carbocycles. The molecule has 0 saturated heterocycles. The summed E-state index contributed by atoms with van der Waals surface area (Å²) in [5.74, 6) is 0.403. The summed E-state index contributed by atoms with van der Waals surface area (Å²) in [6.45, 7) is 5.89. The Kier molecular flexibility index (Phi) is 3.53. The van der Waals surface area contributed by atoms with E-state index in [0.29, 0.717) is 5.76 Å². The van der Waals surface area contributed by atoms with Gasteiger partial charge in [0.05, 0.1) is 0 Å². The van der Waals surface area contributed by atoms with Crippen LogP contribution in [0.2, 0.25) is 0 Å². The second-order valence-corrected chi connectivity index (χ2v) is 4.87. The van der Waals surface area contributed by atoms with Gasteiger partial charge in [0.25, 0.3) is 0 Å². The summed E-state index contributed by atoms with van der Waals surface area (Å²) in [6, 6.07) is 7.66. The van der Waals surface area contributed by atoms with Crippen molar-refractivity contribution < 1.29 is 13.9 Å². The molecule has 0 amide bonds. The summed E-state index contributed by atoms with van der Waals surface area (Å²) in [5, 5.41) is 0.956. The molecule has 0 fully saturated rings. The molecule has 96 valence electrons. The van der Waals surface area contributed by atoms with E-state index in [9.17, 15) is 4.79 Å². The Morgan fingerprint density at radius 1 is 1.33 bits per heavy atom. The van der Waals surface area contributed by atoms with Crippen LogP contribution in [0.3, 0.4) is 0 Å². The highest BCUT2D eigenvalue weighted by Gasteiger charge is 2.26. The minimum absolute atomic E-state index is 0.0944. The Hall–Kier alpha value is -1.61. The lowest BCUT2D eigenvalue weighted by molar-refractivity contribution is 0.0435. The van der Waals surface area contributed by atoms with Crippen LogP contribution in [-0.4, -0.2) is 19.0 Å². The molecular formula is C15H18O3. The van der Waals surface area contributed by atoms with Crippen molar-refractivity contribution in [2.24, 2.45) is 5.92 Å². The Balaban J connectivity index is 2.42. The molecule has 1 aromatic carbocycles. The van der Waals surface area contributed by atoms with E-state index in [-0.39, 0.29) is 11.7 Å². The van der Waals surface area contributed by atoms with Crippen LogP contribution in [0.15, 0.2) is 28.7 Å². The molecule has 2 rings (SSSR count). The van der Waals surface area contributed by atoms with Gasteiger partial charge in [-0.3, -0.25) is 4.79 Å². The van der Waals surface area contributed by atoms with E-state index in [2.05, 4.69) is 0 Å². The Bertz CT molecular complexity index is 566. The average Bonchev–Trinajstić information content (AvgIpc) is 2.74. The molecule has 1 aromatic heterocycles. The lowest BCUT2D eigenvalue weighted by Crippen LogP contribution is -2.28. The number of furan rings is 1. The first-order chi connectivity index (χ1) is 8.54. The lowest BCUT2D eigenvalue weighted by Gasteiger charge is -2.16. The molecule has 2 aromatic rings. The van der Waals surface area contributed by atoms with E-state index in [1.165, 1.54) is 0 Å². The van der Waals surface area contributed by atoms with E-state index in [1.807, 2.05) is 39.0 Å². The van der Waals surface area contributed by atoms with Gasteiger partial charge < -0.3 is 9.15 Å². The van der Waals surface area contributed by atoms with Gasteiger partial charge in [0.1, 0.15) is 11.7 Å². The van der Waals surface area contributed by atoms with Crippen molar-refractivity contribution in [3.05, 3.63) is 35.6 Å². The van der Waals surface area contributed by atoms with Crippen LogP contribution in [0.4, 0.5) is 0 Å². The maximum absolute atomic E-state index is 12.3. The maximum Gasteiger partial charge on any atom is 0.226 e. The summed E-state index contributed by atoms with van der Waals surface area (Å²) < 4.78 is 10.9. The molecule has 1 atom stereocenters. The Morgan fingerprint density at radius 3 is 2.61 bits per heavy atom. The zero-order valence-corrected chi connectivity index (χ0v) is 11.2. The number of Topliss-reactive ketones (excluding diaryl/α,β-unsaturated/α-hetero) is 1. The number of para-hydroxylation sites is 1. The Labute approximate surface area is 107 Å². The molecule has 0 radical (unpaired) electrons. The van der Waals surface area contributed by atoms with Gasteiger partial charge in [0.15, 0.2) is 5.76 Å². The minimum Gasteiger partial charge on any atom is -0.453 e. The van der Waals surface area contributed by atoms with Crippen LogP contribution in [0, 0.1) is 12.8 Å².